The van der Waals surface area contributed by atoms with Crippen molar-refractivity contribution in [1.29, 1.82) is 0 Å². The summed E-state index contributed by atoms with van der Waals surface area (Å²) in [5.74, 6) is 0. The molecule has 5 N–H and O–H groups in total. The smallest absolute Gasteiger partial charge is 0.190 e. The Morgan fingerprint density at radius 3 is 1.89 bits per heavy atom. The third-order valence-corrected chi connectivity index (χ3v) is 6.53. The van der Waals surface area contributed by atoms with Gasteiger partial charge in [0.05, 0.1) is 19.3 Å². The number of aliphatic hydroxyl groups is 5. The molecule has 3 aliphatic rings. The third-order valence-electron chi connectivity index (χ3n) is 6.53. The summed E-state index contributed by atoms with van der Waals surface area (Å²) in [6.45, 7) is 1.41. The largest absolute Gasteiger partial charge is 0.388 e. The van der Waals surface area contributed by atoms with Crippen LogP contribution in [0.4, 0.5) is 0 Å². The van der Waals surface area contributed by atoms with Crippen molar-refractivity contribution < 1.29 is 68.2 Å². The molecule has 0 amide bonds. The molecule has 0 radical (unpaired) electrons. The Hall–Kier alpha value is -0.560. The topological polar surface area (TPSA) is 184 Å². The summed E-state index contributed by atoms with van der Waals surface area (Å²) < 4.78 is 49.9. The molecule has 0 saturated carbocycles. The predicted molar refractivity (Wildman–Crippen MR) is 113 cm³/mol. The van der Waals surface area contributed by atoms with Crippen molar-refractivity contribution in [3.8, 4) is 0 Å². The van der Waals surface area contributed by atoms with Crippen molar-refractivity contribution in [3.05, 3.63) is 0 Å². The molecule has 3 rings (SSSR count). The maximum atomic E-state index is 11.1. The van der Waals surface area contributed by atoms with Gasteiger partial charge in [-0.05, 0) is 6.92 Å². The van der Waals surface area contributed by atoms with Crippen LogP contribution in [0.2, 0.25) is 0 Å². The van der Waals surface area contributed by atoms with Crippen LogP contribution in [0.3, 0.4) is 0 Å². The molecule has 3 heterocycles. The number of methoxy groups -OCH3 is 4. The van der Waals surface area contributed by atoms with E-state index in [0.717, 1.165) is 0 Å². The first-order valence-electron chi connectivity index (χ1n) is 11.4. The summed E-state index contributed by atoms with van der Waals surface area (Å²) in [4.78, 5) is 0. The van der Waals surface area contributed by atoms with E-state index in [9.17, 15) is 25.5 Å². The lowest BCUT2D eigenvalue weighted by Gasteiger charge is -2.48. The minimum atomic E-state index is -1.47. The summed E-state index contributed by atoms with van der Waals surface area (Å²) in [6, 6.07) is 0. The lowest BCUT2D eigenvalue weighted by atomic mass is 9.97. The van der Waals surface area contributed by atoms with Crippen LogP contribution in [-0.4, -0.2) is 153 Å². The van der Waals surface area contributed by atoms with Crippen LogP contribution < -0.4 is 0 Å². The van der Waals surface area contributed by atoms with Crippen LogP contribution in [0.15, 0.2) is 0 Å². The predicted octanol–water partition coefficient (Wildman–Crippen LogP) is -3.29. The summed E-state index contributed by atoms with van der Waals surface area (Å²) in [5.41, 5.74) is 0. The molecule has 0 aromatic carbocycles. The van der Waals surface area contributed by atoms with Gasteiger partial charge in [0, 0.05) is 28.4 Å². The number of ether oxygens (including phenoxy) is 9. The van der Waals surface area contributed by atoms with Gasteiger partial charge in [-0.3, -0.25) is 0 Å². The Morgan fingerprint density at radius 1 is 0.657 bits per heavy atom. The minimum Gasteiger partial charge on any atom is -0.388 e. The molecule has 14 unspecified atom stereocenters. The first kappa shape index (κ1) is 29.0. The van der Waals surface area contributed by atoms with Gasteiger partial charge in [-0.1, -0.05) is 0 Å². The van der Waals surface area contributed by atoms with Gasteiger partial charge in [0.1, 0.15) is 61.0 Å². The van der Waals surface area contributed by atoms with Gasteiger partial charge in [0.15, 0.2) is 18.9 Å². The highest BCUT2D eigenvalue weighted by Crippen LogP contribution is 2.33. The number of hydrogen-bond donors (Lipinski definition) is 5. The van der Waals surface area contributed by atoms with Gasteiger partial charge in [0.2, 0.25) is 0 Å². The fraction of sp³-hybridized carbons (Fsp3) is 1.00. The molecular weight excluding hydrogens is 476 g/mol. The molecule has 3 fully saturated rings. The number of hydrogen-bond acceptors (Lipinski definition) is 14. The van der Waals surface area contributed by atoms with Crippen molar-refractivity contribution in [2.24, 2.45) is 0 Å². The molecule has 14 nitrogen and oxygen atoms in total. The van der Waals surface area contributed by atoms with Crippen LogP contribution in [-0.2, 0) is 42.6 Å². The van der Waals surface area contributed by atoms with E-state index >= 15 is 0 Å². The Kier molecular flexibility index (Phi) is 10.6. The van der Waals surface area contributed by atoms with Gasteiger partial charge in [-0.2, -0.15) is 0 Å². The monoisotopic (exact) mass is 514 g/mol. The normalized spacial score (nSPS) is 49.2. The van der Waals surface area contributed by atoms with Crippen molar-refractivity contribution in [2.45, 2.75) is 92.9 Å². The zero-order valence-corrected chi connectivity index (χ0v) is 20.4. The summed E-state index contributed by atoms with van der Waals surface area (Å²) >= 11 is 0. The lowest BCUT2D eigenvalue weighted by Crippen LogP contribution is -2.65. The fourth-order valence-electron chi connectivity index (χ4n) is 4.59. The molecule has 0 aliphatic carbocycles. The zero-order chi connectivity index (χ0) is 25.9. The zero-order valence-electron chi connectivity index (χ0n) is 20.4. The Morgan fingerprint density at radius 2 is 1.29 bits per heavy atom. The van der Waals surface area contributed by atoms with Crippen molar-refractivity contribution in [2.75, 3.05) is 41.7 Å². The molecule has 3 saturated heterocycles. The molecule has 35 heavy (non-hydrogen) atoms. The molecule has 0 aromatic rings. The van der Waals surface area contributed by atoms with E-state index in [2.05, 4.69) is 0 Å². The molecule has 3 aliphatic heterocycles. The van der Waals surface area contributed by atoms with E-state index in [-0.39, 0.29) is 13.2 Å². The van der Waals surface area contributed by atoms with Gasteiger partial charge in [-0.25, -0.2) is 0 Å². The van der Waals surface area contributed by atoms with E-state index in [1.165, 1.54) is 28.4 Å². The van der Waals surface area contributed by atoms with Crippen molar-refractivity contribution in [1.82, 2.24) is 0 Å². The highest BCUT2D eigenvalue weighted by Gasteiger charge is 2.52. The molecule has 0 bridgehead atoms. The lowest BCUT2D eigenvalue weighted by molar-refractivity contribution is -0.387. The van der Waals surface area contributed by atoms with E-state index in [1.54, 1.807) is 6.92 Å². The van der Waals surface area contributed by atoms with Crippen LogP contribution >= 0.6 is 0 Å². The van der Waals surface area contributed by atoms with Gasteiger partial charge < -0.3 is 68.2 Å². The van der Waals surface area contributed by atoms with E-state index < -0.39 is 86.0 Å². The van der Waals surface area contributed by atoms with Crippen LogP contribution in [0.25, 0.3) is 0 Å². The SMILES string of the molecule is COCC1OC(OC2OCC(O)C(O)C2OC)C(OC)C(O)C1OC1OC(C)C(OC)C(O)C1O. The van der Waals surface area contributed by atoms with Crippen LogP contribution in [0.5, 0.6) is 0 Å². The highest BCUT2D eigenvalue weighted by molar-refractivity contribution is 4.95. The Labute approximate surface area is 203 Å². The number of aliphatic hydroxyl groups excluding tert-OH is 5. The van der Waals surface area contributed by atoms with Gasteiger partial charge in [-0.15, -0.1) is 0 Å². The third kappa shape index (κ3) is 6.13. The molecular formula is C21H38O14. The summed E-state index contributed by atoms with van der Waals surface area (Å²) in [7, 11) is 5.47. The Bertz CT molecular complexity index is 639. The summed E-state index contributed by atoms with van der Waals surface area (Å²) in [5, 5.41) is 52.1. The van der Waals surface area contributed by atoms with E-state index in [0.29, 0.717) is 0 Å². The molecule has 14 heteroatoms. The summed E-state index contributed by atoms with van der Waals surface area (Å²) in [6.07, 6.45) is -15.8. The molecule has 14 atom stereocenters. The fourth-order valence-corrected chi connectivity index (χ4v) is 4.59. The molecule has 206 valence electrons. The maximum Gasteiger partial charge on any atom is 0.190 e. The van der Waals surface area contributed by atoms with Gasteiger partial charge in [0.25, 0.3) is 0 Å². The second kappa shape index (κ2) is 12.8. The van der Waals surface area contributed by atoms with Crippen LogP contribution in [0.1, 0.15) is 6.92 Å². The molecule has 0 aromatic heterocycles. The van der Waals surface area contributed by atoms with E-state index in [4.69, 9.17) is 42.6 Å². The van der Waals surface area contributed by atoms with Gasteiger partial charge >= 0.3 is 0 Å². The van der Waals surface area contributed by atoms with Crippen molar-refractivity contribution in [3.63, 3.8) is 0 Å². The second-order valence-corrected chi connectivity index (χ2v) is 8.78. The average molecular weight is 515 g/mol. The molecule has 0 spiro atoms. The maximum absolute atomic E-state index is 11.1. The number of rotatable bonds is 9. The quantitative estimate of drug-likeness (QED) is 0.206. The second-order valence-electron chi connectivity index (χ2n) is 8.78. The Balaban J connectivity index is 1.75. The standard InChI is InChI=1S/C21H38O14/c1-8-15(28-3)12(24)13(25)19(32-8)34-16-10(7-27-2)33-21(18(30-5)14(16)26)35-20-17(29-4)11(23)9(22)6-31-20/h8-26H,6-7H2,1-5H3. The van der Waals surface area contributed by atoms with Crippen molar-refractivity contribution >= 4 is 0 Å². The highest BCUT2D eigenvalue weighted by atomic mass is 16.8. The minimum absolute atomic E-state index is 0.0415. The van der Waals surface area contributed by atoms with E-state index in [1.807, 2.05) is 0 Å². The average Bonchev–Trinajstić information content (AvgIpc) is 2.82. The first-order valence-corrected chi connectivity index (χ1v) is 11.4. The first-order chi connectivity index (χ1) is 16.7. The van der Waals surface area contributed by atoms with Crippen LogP contribution in [0, 0.1) is 0 Å².